The largest absolute Gasteiger partial charge is 0.494 e. The highest BCUT2D eigenvalue weighted by Gasteiger charge is 2.25. The fraction of sp³-hybridized carbons (Fsp3) is 0.263. The molecular weight excluding hydrogens is 305 g/mol. The van der Waals surface area contributed by atoms with Crippen molar-refractivity contribution >= 4 is 5.65 Å². The fourth-order valence-electron chi connectivity index (χ4n) is 2.90. The van der Waals surface area contributed by atoms with Crippen molar-refractivity contribution in [2.24, 2.45) is 5.92 Å². The van der Waals surface area contributed by atoms with Crippen molar-refractivity contribution in [3.8, 4) is 17.0 Å². The summed E-state index contributed by atoms with van der Waals surface area (Å²) < 4.78 is 20.5. The molecule has 2 aromatic heterocycles. The van der Waals surface area contributed by atoms with Crippen molar-refractivity contribution in [3.05, 3.63) is 60.2 Å². The van der Waals surface area contributed by atoms with E-state index in [1.807, 2.05) is 18.2 Å². The number of allylic oxidation sites excluding steroid dienone is 1. The maximum absolute atomic E-state index is 13.7. The number of fused-ring (bicyclic) bond motifs is 1. The normalized spacial score (nSPS) is 14.1. The van der Waals surface area contributed by atoms with E-state index in [0.717, 1.165) is 22.7 Å². The van der Waals surface area contributed by atoms with Crippen LogP contribution in [-0.4, -0.2) is 21.7 Å². The Bertz CT molecular complexity index is 928. The Balaban J connectivity index is 1.75. The molecule has 0 atom stereocenters. The van der Waals surface area contributed by atoms with Crippen LogP contribution in [0.2, 0.25) is 0 Å². The lowest BCUT2D eigenvalue weighted by molar-refractivity contribution is 0.387. The molecule has 1 saturated carbocycles. The van der Waals surface area contributed by atoms with Gasteiger partial charge in [0.1, 0.15) is 0 Å². The minimum absolute atomic E-state index is 0.215. The smallest absolute Gasteiger partial charge is 0.165 e. The number of nitrogens with zero attached hydrogens (tertiary/aromatic N) is 3. The van der Waals surface area contributed by atoms with Crippen LogP contribution in [-0.2, 0) is 6.42 Å². The van der Waals surface area contributed by atoms with E-state index in [4.69, 9.17) is 4.74 Å². The molecule has 0 saturated heterocycles. The summed E-state index contributed by atoms with van der Waals surface area (Å²) in [4.78, 5) is 4.59. The molecule has 0 radical (unpaired) electrons. The van der Waals surface area contributed by atoms with E-state index >= 15 is 0 Å². The number of aromatic nitrogens is 3. The third kappa shape index (κ3) is 2.66. The van der Waals surface area contributed by atoms with Crippen LogP contribution >= 0.6 is 0 Å². The zero-order chi connectivity index (χ0) is 16.7. The van der Waals surface area contributed by atoms with E-state index < -0.39 is 0 Å². The third-order valence-corrected chi connectivity index (χ3v) is 4.39. The van der Waals surface area contributed by atoms with Gasteiger partial charge in [-0.2, -0.15) is 5.10 Å². The van der Waals surface area contributed by atoms with Crippen LogP contribution in [0.3, 0.4) is 0 Å². The lowest BCUT2D eigenvalue weighted by Crippen LogP contribution is -1.97. The molecule has 4 rings (SSSR count). The number of hydrogen-bond acceptors (Lipinski definition) is 3. The molecule has 0 amide bonds. The van der Waals surface area contributed by atoms with Crippen LogP contribution in [0.5, 0.6) is 5.75 Å². The van der Waals surface area contributed by atoms with Gasteiger partial charge in [-0.1, -0.05) is 18.2 Å². The van der Waals surface area contributed by atoms with Gasteiger partial charge in [0, 0.05) is 12.0 Å². The molecule has 1 aliphatic carbocycles. The van der Waals surface area contributed by atoms with E-state index in [2.05, 4.69) is 16.7 Å². The summed E-state index contributed by atoms with van der Waals surface area (Å²) in [6.07, 6.45) is 3.16. The first-order chi connectivity index (χ1) is 11.7. The van der Waals surface area contributed by atoms with E-state index in [1.165, 1.54) is 31.6 Å². The fourth-order valence-corrected chi connectivity index (χ4v) is 2.90. The number of rotatable bonds is 5. The van der Waals surface area contributed by atoms with Crippen LogP contribution in [0.1, 0.15) is 18.7 Å². The molecule has 122 valence electrons. The molecule has 4 nitrogen and oxygen atoms in total. The Morgan fingerprint density at radius 2 is 2.17 bits per heavy atom. The van der Waals surface area contributed by atoms with Crippen LogP contribution in [0.25, 0.3) is 16.9 Å². The van der Waals surface area contributed by atoms with E-state index in [-0.39, 0.29) is 11.6 Å². The number of methoxy groups -OCH3 is 1. The number of ether oxygens (including phenoxy) is 1. The molecule has 0 aliphatic heterocycles. The van der Waals surface area contributed by atoms with Crippen molar-refractivity contribution in [3.63, 3.8) is 0 Å². The highest BCUT2D eigenvalue weighted by molar-refractivity contribution is 5.64. The first kappa shape index (κ1) is 14.9. The number of hydrogen-bond donors (Lipinski definition) is 0. The molecule has 3 aromatic rings. The summed E-state index contributed by atoms with van der Waals surface area (Å²) >= 11 is 0. The van der Waals surface area contributed by atoms with Crippen LogP contribution in [0.15, 0.2) is 48.6 Å². The second kappa shape index (κ2) is 5.74. The Labute approximate surface area is 139 Å². The van der Waals surface area contributed by atoms with E-state index in [0.29, 0.717) is 12.3 Å². The van der Waals surface area contributed by atoms with Gasteiger partial charge in [-0.15, -0.1) is 0 Å². The maximum atomic E-state index is 13.7. The Morgan fingerprint density at radius 1 is 1.33 bits per heavy atom. The highest BCUT2D eigenvalue weighted by Crippen LogP contribution is 2.36. The molecule has 0 unspecified atom stereocenters. The average Bonchev–Trinajstić information content (AvgIpc) is 3.35. The second-order valence-electron chi connectivity index (χ2n) is 6.17. The molecule has 24 heavy (non-hydrogen) atoms. The summed E-state index contributed by atoms with van der Waals surface area (Å²) in [5.74, 6) is 1.24. The van der Waals surface area contributed by atoms with Crippen molar-refractivity contribution in [2.45, 2.75) is 19.3 Å². The van der Waals surface area contributed by atoms with Gasteiger partial charge in [0.25, 0.3) is 0 Å². The number of halogens is 1. The topological polar surface area (TPSA) is 39.4 Å². The van der Waals surface area contributed by atoms with Gasteiger partial charge >= 0.3 is 0 Å². The molecule has 0 bridgehead atoms. The predicted octanol–water partition coefficient (Wildman–Crippen LogP) is 4.05. The van der Waals surface area contributed by atoms with Gasteiger partial charge < -0.3 is 4.74 Å². The molecule has 1 aliphatic rings. The zero-order valence-corrected chi connectivity index (χ0v) is 13.5. The third-order valence-electron chi connectivity index (χ3n) is 4.39. The number of benzene rings is 1. The molecular formula is C19H18FN3O. The van der Waals surface area contributed by atoms with Gasteiger partial charge in [-0.3, -0.25) is 0 Å². The van der Waals surface area contributed by atoms with Crippen molar-refractivity contribution in [1.29, 1.82) is 0 Å². The zero-order valence-electron chi connectivity index (χ0n) is 13.5. The van der Waals surface area contributed by atoms with Crippen LogP contribution in [0.4, 0.5) is 4.39 Å². The first-order valence-corrected chi connectivity index (χ1v) is 8.02. The minimum Gasteiger partial charge on any atom is -0.494 e. The minimum atomic E-state index is -0.381. The van der Waals surface area contributed by atoms with E-state index in [1.54, 1.807) is 16.6 Å². The van der Waals surface area contributed by atoms with Crippen molar-refractivity contribution in [1.82, 2.24) is 14.6 Å². The lowest BCUT2D eigenvalue weighted by Gasteiger charge is -2.07. The van der Waals surface area contributed by atoms with Crippen molar-refractivity contribution < 1.29 is 9.13 Å². The standard InChI is InChI=1S/C19H18FN3O/c1-12(13-6-7-13)10-18-21-19-5-3-4-16(23(19)22-18)14-8-9-15(20)17(11-14)24-2/h3-5,8-9,11,13H,1,6-7,10H2,2H3. The first-order valence-electron chi connectivity index (χ1n) is 8.02. The molecule has 1 aromatic carbocycles. The average molecular weight is 323 g/mol. The molecule has 0 spiro atoms. The number of pyridine rings is 1. The quantitative estimate of drug-likeness (QED) is 0.665. The summed E-state index contributed by atoms with van der Waals surface area (Å²) in [7, 11) is 1.46. The predicted molar refractivity (Wildman–Crippen MR) is 90.5 cm³/mol. The molecule has 5 heteroatoms. The highest BCUT2D eigenvalue weighted by atomic mass is 19.1. The van der Waals surface area contributed by atoms with Crippen molar-refractivity contribution in [2.75, 3.05) is 7.11 Å². The lowest BCUT2D eigenvalue weighted by atomic mass is 10.1. The molecule has 2 heterocycles. The summed E-state index contributed by atoms with van der Waals surface area (Å²) in [5, 5.41) is 4.63. The van der Waals surface area contributed by atoms with Gasteiger partial charge in [-0.25, -0.2) is 13.9 Å². The Morgan fingerprint density at radius 3 is 2.92 bits per heavy atom. The van der Waals surface area contributed by atoms with Gasteiger partial charge in [-0.05, 0) is 49.1 Å². The summed E-state index contributed by atoms with van der Waals surface area (Å²) in [6, 6.07) is 10.6. The monoisotopic (exact) mass is 323 g/mol. The van der Waals surface area contributed by atoms with Gasteiger partial charge in [0.2, 0.25) is 0 Å². The Kier molecular flexibility index (Phi) is 3.56. The Hall–Kier alpha value is -2.69. The van der Waals surface area contributed by atoms with Crippen LogP contribution < -0.4 is 4.74 Å². The maximum Gasteiger partial charge on any atom is 0.165 e. The van der Waals surface area contributed by atoms with Crippen LogP contribution in [0, 0.1) is 11.7 Å². The molecule has 0 N–H and O–H groups in total. The van der Waals surface area contributed by atoms with Gasteiger partial charge in [0.05, 0.1) is 12.8 Å². The summed E-state index contributed by atoms with van der Waals surface area (Å²) in [5.41, 5.74) is 3.66. The van der Waals surface area contributed by atoms with E-state index in [9.17, 15) is 4.39 Å². The summed E-state index contributed by atoms with van der Waals surface area (Å²) in [6.45, 7) is 4.15. The van der Waals surface area contributed by atoms with Gasteiger partial charge in [0.15, 0.2) is 23.0 Å². The second-order valence-corrected chi connectivity index (χ2v) is 6.17. The molecule has 1 fully saturated rings. The SMILES string of the molecule is C=C(Cc1nc2cccc(-c3ccc(F)c(OC)c3)n2n1)C1CC1.